The molecule has 0 radical (unpaired) electrons. The number of benzene rings is 2. The lowest BCUT2D eigenvalue weighted by molar-refractivity contribution is 0.148. The van der Waals surface area contributed by atoms with Crippen molar-refractivity contribution in [2.75, 3.05) is 0 Å². The fourth-order valence-electron chi connectivity index (χ4n) is 2.13. The number of fused-ring (bicyclic) bond motifs is 1. The van der Waals surface area contributed by atoms with E-state index in [0.29, 0.717) is 16.5 Å². The molecule has 1 atom stereocenters. The van der Waals surface area contributed by atoms with Crippen LogP contribution in [0.5, 0.6) is 0 Å². The van der Waals surface area contributed by atoms with Gasteiger partial charge in [0.25, 0.3) is 5.56 Å². The highest BCUT2D eigenvalue weighted by Crippen LogP contribution is 2.15. The van der Waals surface area contributed by atoms with Crippen molar-refractivity contribution in [2.24, 2.45) is 0 Å². The van der Waals surface area contributed by atoms with Crippen molar-refractivity contribution >= 4 is 10.9 Å². The number of halogens is 1. The molecule has 6 heteroatoms. The SMILES string of the molecule is O=c1c2ccccc2nnn1C[C@@H](O)c1cccc(F)c1. The molecular weight excluding hydrogens is 273 g/mol. The molecule has 1 heterocycles. The van der Waals surface area contributed by atoms with Crippen LogP contribution >= 0.6 is 0 Å². The van der Waals surface area contributed by atoms with Crippen LogP contribution in [0.2, 0.25) is 0 Å². The summed E-state index contributed by atoms with van der Waals surface area (Å²) in [5.41, 5.74) is 0.548. The van der Waals surface area contributed by atoms with E-state index in [4.69, 9.17) is 0 Å². The second-order valence-electron chi connectivity index (χ2n) is 4.66. The summed E-state index contributed by atoms with van der Waals surface area (Å²) in [6.45, 7) is -0.0832. The topological polar surface area (TPSA) is 68.0 Å². The summed E-state index contributed by atoms with van der Waals surface area (Å²) in [5, 5.41) is 18.3. The van der Waals surface area contributed by atoms with Gasteiger partial charge in [-0.05, 0) is 29.8 Å². The van der Waals surface area contributed by atoms with E-state index in [0.717, 1.165) is 4.68 Å². The molecule has 0 unspecified atom stereocenters. The van der Waals surface area contributed by atoms with E-state index >= 15 is 0 Å². The van der Waals surface area contributed by atoms with E-state index < -0.39 is 11.9 Å². The van der Waals surface area contributed by atoms with Gasteiger partial charge in [-0.3, -0.25) is 4.79 Å². The molecule has 3 rings (SSSR count). The van der Waals surface area contributed by atoms with Gasteiger partial charge in [-0.25, -0.2) is 9.07 Å². The number of nitrogens with zero attached hydrogens (tertiary/aromatic N) is 3. The molecule has 1 aromatic heterocycles. The summed E-state index contributed by atoms with van der Waals surface area (Å²) in [5.74, 6) is -0.441. The van der Waals surface area contributed by atoms with Crippen LogP contribution in [0.15, 0.2) is 53.3 Å². The molecule has 0 saturated carbocycles. The number of aromatic nitrogens is 3. The zero-order valence-electron chi connectivity index (χ0n) is 11.0. The number of rotatable bonds is 3. The van der Waals surface area contributed by atoms with Gasteiger partial charge in [0.05, 0.1) is 18.0 Å². The van der Waals surface area contributed by atoms with Gasteiger partial charge in [0.15, 0.2) is 0 Å². The zero-order valence-corrected chi connectivity index (χ0v) is 11.0. The van der Waals surface area contributed by atoms with Crippen LogP contribution in [0, 0.1) is 5.82 Å². The van der Waals surface area contributed by atoms with E-state index in [2.05, 4.69) is 10.3 Å². The molecule has 0 aliphatic heterocycles. The summed E-state index contributed by atoms with van der Waals surface area (Å²) >= 11 is 0. The molecule has 106 valence electrons. The van der Waals surface area contributed by atoms with E-state index in [-0.39, 0.29) is 12.1 Å². The Balaban J connectivity index is 1.95. The normalized spacial score (nSPS) is 12.5. The lowest BCUT2D eigenvalue weighted by Gasteiger charge is -2.12. The standard InChI is InChI=1S/C15H12FN3O2/c16-11-5-3-4-10(8-11)14(20)9-19-15(21)12-6-1-2-7-13(12)17-18-19/h1-8,14,20H,9H2/t14-/m1/s1. The predicted molar refractivity (Wildman–Crippen MR) is 75.2 cm³/mol. The first-order valence-corrected chi connectivity index (χ1v) is 6.41. The fraction of sp³-hybridized carbons (Fsp3) is 0.133. The van der Waals surface area contributed by atoms with Crippen LogP contribution in [0.25, 0.3) is 10.9 Å². The fourth-order valence-corrected chi connectivity index (χ4v) is 2.13. The summed E-state index contributed by atoms with van der Waals surface area (Å²) < 4.78 is 14.2. The third-order valence-electron chi connectivity index (χ3n) is 3.21. The molecule has 5 nitrogen and oxygen atoms in total. The van der Waals surface area contributed by atoms with E-state index in [1.54, 1.807) is 30.3 Å². The van der Waals surface area contributed by atoms with Gasteiger partial charge in [0, 0.05) is 0 Å². The first kappa shape index (κ1) is 13.4. The third-order valence-corrected chi connectivity index (χ3v) is 3.21. The van der Waals surface area contributed by atoms with Crippen LogP contribution in [0.4, 0.5) is 4.39 Å². The highest BCUT2D eigenvalue weighted by atomic mass is 19.1. The van der Waals surface area contributed by atoms with Crippen molar-refractivity contribution in [1.82, 2.24) is 15.0 Å². The monoisotopic (exact) mass is 285 g/mol. The Kier molecular flexibility index (Phi) is 3.45. The maximum atomic E-state index is 13.1. The largest absolute Gasteiger partial charge is 0.386 e. The van der Waals surface area contributed by atoms with Crippen molar-refractivity contribution in [3.8, 4) is 0 Å². The smallest absolute Gasteiger partial charge is 0.277 e. The second kappa shape index (κ2) is 5.41. The van der Waals surface area contributed by atoms with Gasteiger partial charge in [-0.2, -0.15) is 0 Å². The van der Waals surface area contributed by atoms with Crippen LogP contribution in [-0.2, 0) is 6.54 Å². The van der Waals surface area contributed by atoms with Gasteiger partial charge in [-0.1, -0.05) is 29.5 Å². The maximum absolute atomic E-state index is 13.1. The number of aliphatic hydroxyl groups excluding tert-OH is 1. The van der Waals surface area contributed by atoms with Crippen molar-refractivity contribution in [3.63, 3.8) is 0 Å². The van der Waals surface area contributed by atoms with Gasteiger partial charge in [0.2, 0.25) is 0 Å². The molecular formula is C15H12FN3O2. The molecule has 2 aromatic carbocycles. The van der Waals surface area contributed by atoms with Crippen LogP contribution in [0.1, 0.15) is 11.7 Å². The van der Waals surface area contributed by atoms with Crippen LogP contribution in [-0.4, -0.2) is 20.1 Å². The van der Waals surface area contributed by atoms with Crippen molar-refractivity contribution in [3.05, 3.63) is 70.3 Å². The van der Waals surface area contributed by atoms with Crippen molar-refractivity contribution in [1.29, 1.82) is 0 Å². The first-order valence-electron chi connectivity index (χ1n) is 6.41. The molecule has 0 aliphatic carbocycles. The first-order chi connectivity index (χ1) is 10.1. The maximum Gasteiger partial charge on any atom is 0.277 e. The van der Waals surface area contributed by atoms with Gasteiger partial charge >= 0.3 is 0 Å². The van der Waals surface area contributed by atoms with Crippen molar-refractivity contribution < 1.29 is 9.50 Å². The van der Waals surface area contributed by atoms with Crippen molar-refractivity contribution in [2.45, 2.75) is 12.6 Å². The van der Waals surface area contributed by atoms with Gasteiger partial charge in [-0.15, -0.1) is 5.10 Å². The molecule has 3 aromatic rings. The summed E-state index contributed by atoms with van der Waals surface area (Å²) in [7, 11) is 0. The number of hydrogen-bond acceptors (Lipinski definition) is 4. The average Bonchev–Trinajstić information content (AvgIpc) is 2.50. The van der Waals surface area contributed by atoms with E-state index in [1.165, 1.54) is 18.2 Å². The highest BCUT2D eigenvalue weighted by Gasteiger charge is 2.12. The minimum Gasteiger partial charge on any atom is -0.386 e. The van der Waals surface area contributed by atoms with Gasteiger partial charge < -0.3 is 5.11 Å². The zero-order chi connectivity index (χ0) is 14.8. The third kappa shape index (κ3) is 2.66. The molecule has 0 aliphatic rings. The summed E-state index contributed by atoms with van der Waals surface area (Å²) in [4.78, 5) is 12.2. The average molecular weight is 285 g/mol. The minimum atomic E-state index is -1.03. The Labute approximate surface area is 119 Å². The van der Waals surface area contributed by atoms with Crippen LogP contribution in [0.3, 0.4) is 0 Å². The second-order valence-corrected chi connectivity index (χ2v) is 4.66. The van der Waals surface area contributed by atoms with Gasteiger partial charge in [0.1, 0.15) is 11.3 Å². The Hall–Kier alpha value is -2.60. The molecule has 21 heavy (non-hydrogen) atoms. The molecule has 1 N–H and O–H groups in total. The molecule has 0 saturated heterocycles. The number of aliphatic hydroxyl groups is 1. The van der Waals surface area contributed by atoms with E-state index in [1.807, 2.05) is 0 Å². The molecule has 0 fully saturated rings. The Bertz CT molecular complexity index is 847. The minimum absolute atomic E-state index is 0.0832. The lowest BCUT2D eigenvalue weighted by atomic mass is 10.1. The summed E-state index contributed by atoms with van der Waals surface area (Å²) in [6.07, 6.45) is -1.03. The molecule has 0 spiro atoms. The van der Waals surface area contributed by atoms with Crippen LogP contribution < -0.4 is 5.56 Å². The highest BCUT2D eigenvalue weighted by molar-refractivity contribution is 5.76. The predicted octanol–water partition coefficient (Wildman–Crippen LogP) is 1.66. The lowest BCUT2D eigenvalue weighted by Crippen LogP contribution is -2.27. The van der Waals surface area contributed by atoms with E-state index in [9.17, 15) is 14.3 Å². The summed E-state index contributed by atoms with van der Waals surface area (Å²) in [6, 6.07) is 12.5. The molecule has 0 amide bonds. The Morgan fingerprint density at radius 2 is 2.00 bits per heavy atom. The quantitative estimate of drug-likeness (QED) is 0.794. The molecule has 0 bridgehead atoms. The number of hydrogen-bond donors (Lipinski definition) is 1. The Morgan fingerprint density at radius 3 is 2.81 bits per heavy atom. The Morgan fingerprint density at radius 1 is 1.19 bits per heavy atom.